The fourth-order valence-electron chi connectivity index (χ4n) is 2.26. The van der Waals surface area contributed by atoms with E-state index >= 15 is 0 Å². The Kier molecular flexibility index (Phi) is 6.27. The van der Waals surface area contributed by atoms with E-state index in [4.69, 9.17) is 11.5 Å². The smallest absolute Gasteiger partial charge is 0.237 e. The van der Waals surface area contributed by atoms with Crippen LogP contribution in [-0.4, -0.2) is 48.8 Å². The summed E-state index contributed by atoms with van der Waals surface area (Å²) in [4.78, 5) is 34.8. The third-order valence-corrected chi connectivity index (χ3v) is 3.27. The lowest BCUT2D eigenvalue weighted by atomic mass is 9.93. The maximum absolute atomic E-state index is 12.0. The van der Waals surface area contributed by atoms with Gasteiger partial charge >= 0.3 is 0 Å². The molecule has 0 aromatic heterocycles. The summed E-state index contributed by atoms with van der Waals surface area (Å²) in [6, 6.07) is 0. The van der Waals surface area contributed by atoms with E-state index in [-0.39, 0.29) is 19.0 Å². The molecule has 1 aliphatic heterocycles. The zero-order valence-electron chi connectivity index (χ0n) is 11.1. The molecule has 1 rings (SSSR count). The number of nitrogens with one attached hydrogen (secondary N) is 1. The Morgan fingerprint density at radius 1 is 1.05 bits per heavy atom. The second-order valence-electron chi connectivity index (χ2n) is 4.91. The van der Waals surface area contributed by atoms with Gasteiger partial charge in [0.15, 0.2) is 0 Å². The number of nitrogens with two attached hydrogens (primary N) is 2. The predicted octanol–water partition coefficient (Wildman–Crippen LogP) is -1.43. The third-order valence-electron chi connectivity index (χ3n) is 3.27. The van der Waals surface area contributed by atoms with Gasteiger partial charge in [0.25, 0.3) is 0 Å². The molecule has 7 heteroatoms. The molecule has 0 atom stereocenters. The van der Waals surface area contributed by atoms with Crippen molar-refractivity contribution >= 4 is 17.7 Å². The van der Waals surface area contributed by atoms with E-state index in [1.807, 2.05) is 0 Å². The van der Waals surface area contributed by atoms with Crippen LogP contribution < -0.4 is 16.8 Å². The van der Waals surface area contributed by atoms with E-state index in [1.54, 1.807) is 0 Å². The zero-order chi connectivity index (χ0) is 14.3. The average Bonchev–Trinajstić information content (AvgIpc) is 2.35. The first-order valence-electron chi connectivity index (χ1n) is 6.54. The second kappa shape index (κ2) is 7.73. The molecule has 7 nitrogen and oxygen atoms in total. The number of primary amides is 2. The zero-order valence-corrected chi connectivity index (χ0v) is 11.1. The van der Waals surface area contributed by atoms with Gasteiger partial charge in [-0.3, -0.25) is 14.4 Å². The molecule has 0 radical (unpaired) electrons. The van der Waals surface area contributed by atoms with Gasteiger partial charge in [0.1, 0.15) is 0 Å². The van der Waals surface area contributed by atoms with E-state index in [1.165, 1.54) is 0 Å². The lowest BCUT2D eigenvalue weighted by Crippen LogP contribution is -2.43. The highest BCUT2D eigenvalue weighted by Crippen LogP contribution is 2.18. The van der Waals surface area contributed by atoms with Gasteiger partial charge in [0.05, 0.1) is 13.1 Å². The molecule has 3 amide bonds. The Labute approximate surface area is 112 Å². The summed E-state index contributed by atoms with van der Waals surface area (Å²) in [6.07, 6.45) is 3.21. The molecule has 0 spiro atoms. The Balaban J connectivity index is 2.41. The Bertz CT molecular complexity index is 324. The largest absolute Gasteiger partial charge is 0.368 e. The van der Waals surface area contributed by atoms with Crippen LogP contribution in [0, 0.1) is 5.92 Å². The summed E-state index contributed by atoms with van der Waals surface area (Å²) in [5.74, 6) is -1.00. The van der Waals surface area contributed by atoms with Gasteiger partial charge in [-0.25, -0.2) is 0 Å². The van der Waals surface area contributed by atoms with E-state index in [2.05, 4.69) is 5.32 Å². The quantitative estimate of drug-likeness (QED) is 0.525. The van der Waals surface area contributed by atoms with E-state index < -0.39 is 11.8 Å². The summed E-state index contributed by atoms with van der Waals surface area (Å²) >= 11 is 0. The van der Waals surface area contributed by atoms with Crippen molar-refractivity contribution < 1.29 is 14.4 Å². The molecule has 0 aromatic carbocycles. The van der Waals surface area contributed by atoms with Crippen LogP contribution in [0.3, 0.4) is 0 Å². The fraction of sp³-hybridized carbons (Fsp3) is 0.750. The number of hydrogen-bond donors (Lipinski definition) is 3. The number of carbonyl (C=O) groups excluding carboxylic acids is 3. The van der Waals surface area contributed by atoms with Crippen LogP contribution in [0.1, 0.15) is 25.7 Å². The number of hydrogen-bond acceptors (Lipinski definition) is 4. The van der Waals surface area contributed by atoms with Gasteiger partial charge < -0.3 is 21.7 Å². The van der Waals surface area contributed by atoms with Crippen LogP contribution in [0.25, 0.3) is 0 Å². The monoisotopic (exact) mass is 270 g/mol. The number of piperidine rings is 1. The highest BCUT2D eigenvalue weighted by molar-refractivity contribution is 5.88. The van der Waals surface area contributed by atoms with Crippen molar-refractivity contribution in [1.82, 2.24) is 10.2 Å². The van der Waals surface area contributed by atoms with E-state index in [0.29, 0.717) is 12.3 Å². The summed E-state index contributed by atoms with van der Waals surface area (Å²) in [5.41, 5.74) is 10.1. The molecular weight excluding hydrogens is 248 g/mol. The summed E-state index contributed by atoms with van der Waals surface area (Å²) < 4.78 is 0. The molecule has 0 aliphatic carbocycles. The minimum absolute atomic E-state index is 0.240. The molecule has 19 heavy (non-hydrogen) atoms. The highest BCUT2D eigenvalue weighted by atomic mass is 16.2. The summed E-state index contributed by atoms with van der Waals surface area (Å²) in [6.45, 7) is 1.44. The van der Waals surface area contributed by atoms with Crippen molar-refractivity contribution in [3.05, 3.63) is 0 Å². The van der Waals surface area contributed by atoms with Gasteiger partial charge in [-0.05, 0) is 38.3 Å². The van der Waals surface area contributed by atoms with Crippen LogP contribution in [0.15, 0.2) is 0 Å². The molecule has 1 fully saturated rings. The van der Waals surface area contributed by atoms with Crippen LogP contribution in [0.2, 0.25) is 0 Å². The van der Waals surface area contributed by atoms with Crippen molar-refractivity contribution in [2.75, 3.05) is 26.2 Å². The predicted molar refractivity (Wildman–Crippen MR) is 69.8 cm³/mol. The van der Waals surface area contributed by atoms with Crippen molar-refractivity contribution in [2.45, 2.75) is 25.7 Å². The fourth-order valence-corrected chi connectivity index (χ4v) is 2.26. The Hall–Kier alpha value is -1.63. The number of nitrogens with zero attached hydrogens (tertiary/aromatic N) is 1. The van der Waals surface area contributed by atoms with Crippen molar-refractivity contribution in [1.29, 1.82) is 0 Å². The van der Waals surface area contributed by atoms with Crippen molar-refractivity contribution in [3.63, 3.8) is 0 Å². The molecule has 0 unspecified atom stereocenters. The first-order chi connectivity index (χ1) is 8.99. The van der Waals surface area contributed by atoms with Crippen molar-refractivity contribution in [2.24, 2.45) is 17.4 Å². The minimum Gasteiger partial charge on any atom is -0.368 e. The standard InChI is InChI=1S/C12H22N4O3/c13-10(17)7-16(8-11(14)18)12(19)2-1-9-3-5-15-6-4-9/h9,15H,1-8H2,(H2,13,17)(H2,14,18). The second-order valence-corrected chi connectivity index (χ2v) is 4.91. The highest BCUT2D eigenvalue weighted by Gasteiger charge is 2.20. The van der Waals surface area contributed by atoms with E-state index in [0.717, 1.165) is 37.3 Å². The maximum Gasteiger partial charge on any atom is 0.237 e. The normalized spacial score (nSPS) is 16.0. The third kappa shape index (κ3) is 6.19. The molecule has 0 aromatic rings. The van der Waals surface area contributed by atoms with Gasteiger partial charge in [0, 0.05) is 6.42 Å². The van der Waals surface area contributed by atoms with E-state index in [9.17, 15) is 14.4 Å². The summed E-state index contributed by atoms with van der Waals surface area (Å²) in [5, 5.41) is 3.26. The maximum atomic E-state index is 12.0. The minimum atomic E-state index is -0.642. The number of rotatable bonds is 7. The molecule has 0 saturated carbocycles. The molecule has 1 aliphatic rings. The van der Waals surface area contributed by atoms with Crippen molar-refractivity contribution in [3.8, 4) is 0 Å². The molecule has 5 N–H and O–H groups in total. The number of carbonyl (C=O) groups is 3. The lowest BCUT2D eigenvalue weighted by molar-refractivity contribution is -0.138. The lowest BCUT2D eigenvalue weighted by Gasteiger charge is -2.24. The van der Waals surface area contributed by atoms with Gasteiger partial charge in [-0.2, -0.15) is 0 Å². The van der Waals surface area contributed by atoms with Crippen LogP contribution in [0.5, 0.6) is 0 Å². The average molecular weight is 270 g/mol. The SMILES string of the molecule is NC(=O)CN(CC(N)=O)C(=O)CCC1CCNCC1. The van der Waals surface area contributed by atoms with Crippen LogP contribution >= 0.6 is 0 Å². The van der Waals surface area contributed by atoms with Gasteiger partial charge in [-0.1, -0.05) is 0 Å². The first-order valence-corrected chi connectivity index (χ1v) is 6.54. The number of amides is 3. The first kappa shape index (κ1) is 15.4. The topological polar surface area (TPSA) is 119 Å². The van der Waals surface area contributed by atoms with Crippen LogP contribution in [-0.2, 0) is 14.4 Å². The molecule has 108 valence electrons. The Morgan fingerprint density at radius 2 is 1.58 bits per heavy atom. The molecule has 1 saturated heterocycles. The van der Waals surface area contributed by atoms with Crippen LogP contribution in [0.4, 0.5) is 0 Å². The summed E-state index contributed by atoms with van der Waals surface area (Å²) in [7, 11) is 0. The van der Waals surface area contributed by atoms with Gasteiger partial charge in [0.2, 0.25) is 17.7 Å². The van der Waals surface area contributed by atoms with Gasteiger partial charge in [-0.15, -0.1) is 0 Å². The molecular formula is C12H22N4O3. The molecule has 0 bridgehead atoms. The Morgan fingerprint density at radius 3 is 2.05 bits per heavy atom. The molecule has 1 heterocycles.